The van der Waals surface area contributed by atoms with E-state index in [0.29, 0.717) is 0 Å². The van der Waals surface area contributed by atoms with Gasteiger partial charge in [0.2, 0.25) is 0 Å². The summed E-state index contributed by atoms with van der Waals surface area (Å²) in [6.45, 7) is 0.570. The summed E-state index contributed by atoms with van der Waals surface area (Å²) in [4.78, 5) is 17.5. The van der Waals surface area contributed by atoms with Gasteiger partial charge < -0.3 is 24.0 Å². The lowest BCUT2D eigenvalue weighted by Crippen LogP contribution is -2.41. The summed E-state index contributed by atoms with van der Waals surface area (Å²) >= 11 is 0. The Bertz CT molecular complexity index is 328. The van der Waals surface area contributed by atoms with Crippen molar-refractivity contribution in [3.63, 3.8) is 0 Å². The molecule has 1 saturated heterocycles. The molecule has 7 nitrogen and oxygen atoms in total. The number of phosphoric ester groups is 1. The minimum atomic E-state index is -4.65. The Hall–Kier alpha value is -0.0151. The first-order chi connectivity index (χ1) is 8.80. The van der Waals surface area contributed by atoms with Crippen LogP contribution < -0.4 is 0 Å². The molecule has 0 aromatic rings. The van der Waals surface area contributed by atoms with E-state index in [9.17, 15) is 8.96 Å². The van der Waals surface area contributed by atoms with Crippen molar-refractivity contribution in [3.05, 3.63) is 0 Å². The van der Waals surface area contributed by atoms with Crippen molar-refractivity contribution in [2.24, 2.45) is 0 Å². The maximum absolute atomic E-state index is 12.1. The molecule has 110 valence electrons. The molecule has 5 atom stereocenters. The van der Waals surface area contributed by atoms with Crippen LogP contribution in [0.15, 0.2) is 0 Å². The molecule has 2 N–H and O–H groups in total. The molecule has 0 bridgehead atoms. The van der Waals surface area contributed by atoms with E-state index in [1.54, 1.807) is 0 Å². The summed E-state index contributed by atoms with van der Waals surface area (Å²) in [6.07, 6.45) is -3.22. The first-order valence-electron chi connectivity index (χ1n) is 5.65. The third-order valence-corrected chi connectivity index (χ3v) is 3.32. The fraction of sp³-hybridized carbons (Fsp3) is 1.00. The van der Waals surface area contributed by atoms with E-state index in [-0.39, 0.29) is 6.61 Å². The number of hydrogen-bond donors (Lipinski definition) is 2. The molecule has 0 spiro atoms. The quantitative estimate of drug-likeness (QED) is 0.494. The average molecular weight is 298 g/mol. The molecule has 0 amide bonds. The fourth-order valence-corrected chi connectivity index (χ4v) is 2.56. The second-order valence-corrected chi connectivity index (χ2v) is 5.28. The minimum absolute atomic E-state index is 0.165. The molecule has 19 heavy (non-hydrogen) atoms. The fourth-order valence-electron chi connectivity index (χ4n) is 2.00. The zero-order chi connectivity index (χ0) is 14.6. The average Bonchev–Trinajstić information content (AvgIpc) is 2.61. The highest BCUT2D eigenvalue weighted by Crippen LogP contribution is 2.40. The number of rotatable bonds is 7. The van der Waals surface area contributed by atoms with Crippen molar-refractivity contribution in [3.8, 4) is 0 Å². The predicted molar refractivity (Wildman–Crippen MR) is 63.5 cm³/mol. The van der Waals surface area contributed by atoms with Gasteiger partial charge in [-0.1, -0.05) is 0 Å². The van der Waals surface area contributed by atoms with Crippen LogP contribution in [0.4, 0.5) is 4.39 Å². The number of hydrogen-bond acceptors (Lipinski definition) is 5. The van der Waals surface area contributed by atoms with Crippen LogP contribution in [0.25, 0.3) is 0 Å². The molecule has 1 unspecified atom stereocenters. The SMILES string of the molecule is [B][C@@H]1O[C@H](C(C)OP(=O)(O)O)[C@@H](OC)[C@H]1OCCF. The van der Waals surface area contributed by atoms with Crippen LogP contribution >= 0.6 is 7.82 Å². The molecular weight excluding hydrogens is 281 g/mol. The summed E-state index contributed by atoms with van der Waals surface area (Å²) in [7, 11) is 2.40. The molecule has 2 radical (unpaired) electrons. The number of ether oxygens (including phenoxy) is 3. The second-order valence-electron chi connectivity index (χ2n) is 4.09. The third-order valence-electron chi connectivity index (χ3n) is 2.71. The van der Waals surface area contributed by atoms with Crippen molar-refractivity contribution < 1.29 is 37.5 Å². The van der Waals surface area contributed by atoms with Gasteiger partial charge in [0.05, 0.1) is 12.7 Å². The van der Waals surface area contributed by atoms with Crippen LogP contribution in [-0.2, 0) is 23.3 Å². The van der Waals surface area contributed by atoms with Crippen molar-refractivity contribution in [1.29, 1.82) is 0 Å². The van der Waals surface area contributed by atoms with Crippen molar-refractivity contribution >= 4 is 15.7 Å². The van der Waals surface area contributed by atoms with E-state index in [0.717, 1.165) is 0 Å². The molecule has 10 heteroatoms. The summed E-state index contributed by atoms with van der Waals surface area (Å²) in [6, 6.07) is -0.885. The Morgan fingerprint density at radius 3 is 2.58 bits per heavy atom. The summed E-state index contributed by atoms with van der Waals surface area (Å²) < 4.78 is 43.1. The molecule has 1 aliphatic heterocycles. The lowest BCUT2D eigenvalue weighted by molar-refractivity contribution is -0.0700. The van der Waals surface area contributed by atoms with E-state index in [4.69, 9.17) is 31.8 Å². The van der Waals surface area contributed by atoms with Gasteiger partial charge in [-0.2, -0.15) is 0 Å². The Balaban J connectivity index is 2.71. The van der Waals surface area contributed by atoms with Gasteiger partial charge in [-0.15, -0.1) is 0 Å². The van der Waals surface area contributed by atoms with Crippen molar-refractivity contribution in [1.82, 2.24) is 0 Å². The number of halogens is 1. The van der Waals surface area contributed by atoms with E-state index in [1.807, 2.05) is 0 Å². The van der Waals surface area contributed by atoms with E-state index in [1.165, 1.54) is 14.0 Å². The maximum atomic E-state index is 12.1. The normalized spacial score (nSPS) is 33.5. The van der Waals surface area contributed by atoms with E-state index >= 15 is 0 Å². The largest absolute Gasteiger partial charge is 0.469 e. The lowest BCUT2D eigenvalue weighted by Gasteiger charge is -2.26. The zero-order valence-electron chi connectivity index (χ0n) is 10.6. The molecular formula is C9H17BFO7P. The van der Waals surface area contributed by atoms with Gasteiger partial charge in [0.25, 0.3) is 0 Å². The second kappa shape index (κ2) is 7.13. The van der Waals surface area contributed by atoms with Crippen LogP contribution in [0.2, 0.25) is 0 Å². The van der Waals surface area contributed by atoms with Gasteiger partial charge in [-0.3, -0.25) is 4.52 Å². The number of alkyl halides is 1. The van der Waals surface area contributed by atoms with E-state index in [2.05, 4.69) is 4.52 Å². The van der Waals surface area contributed by atoms with Crippen LogP contribution in [0.1, 0.15) is 6.92 Å². The zero-order valence-corrected chi connectivity index (χ0v) is 11.5. The Morgan fingerprint density at radius 2 is 2.11 bits per heavy atom. The van der Waals surface area contributed by atoms with Crippen LogP contribution in [0.3, 0.4) is 0 Å². The third kappa shape index (κ3) is 4.79. The van der Waals surface area contributed by atoms with Gasteiger partial charge in [0.15, 0.2) is 0 Å². The summed E-state index contributed by atoms with van der Waals surface area (Å²) in [5.74, 6) is 0. The van der Waals surface area contributed by atoms with Gasteiger partial charge in [-0.05, 0) is 6.92 Å². The maximum Gasteiger partial charge on any atom is 0.469 e. The minimum Gasteiger partial charge on any atom is -0.376 e. The molecule has 0 saturated carbocycles. The van der Waals surface area contributed by atoms with Gasteiger partial charge in [-0.25, -0.2) is 8.96 Å². The molecule has 1 fully saturated rings. The Morgan fingerprint density at radius 1 is 1.47 bits per heavy atom. The monoisotopic (exact) mass is 298 g/mol. The van der Waals surface area contributed by atoms with Gasteiger partial charge in [0, 0.05) is 13.1 Å². The predicted octanol–water partition coefficient (Wildman–Crippen LogP) is -0.253. The van der Waals surface area contributed by atoms with Gasteiger partial charge in [0.1, 0.15) is 32.8 Å². The van der Waals surface area contributed by atoms with Gasteiger partial charge >= 0.3 is 7.82 Å². The molecule has 1 rings (SSSR count). The number of methoxy groups -OCH3 is 1. The van der Waals surface area contributed by atoms with Crippen LogP contribution in [0.5, 0.6) is 0 Å². The van der Waals surface area contributed by atoms with E-state index < -0.39 is 44.9 Å². The molecule has 1 aliphatic rings. The van der Waals surface area contributed by atoms with Crippen molar-refractivity contribution in [2.75, 3.05) is 20.4 Å². The highest BCUT2D eigenvalue weighted by atomic mass is 31.2. The molecule has 0 aromatic heterocycles. The molecule has 1 heterocycles. The topological polar surface area (TPSA) is 94.5 Å². The van der Waals surface area contributed by atoms with Crippen molar-refractivity contribution in [2.45, 2.75) is 37.3 Å². The lowest BCUT2D eigenvalue weighted by atomic mass is 9.92. The standard InChI is InChI=1S/C9H17BFO7P/c1-5(18-19(12,13)14)6-7(15-2)8(9(10)17-6)16-4-3-11/h5-9H,3-4H2,1-2H3,(H2,12,13,14)/t5?,6-,7-,8-,9-/m1/s1. The first-order valence-corrected chi connectivity index (χ1v) is 7.18. The molecule has 0 aromatic carbocycles. The van der Waals surface area contributed by atoms with Crippen LogP contribution in [-0.4, -0.2) is 68.4 Å². The smallest absolute Gasteiger partial charge is 0.376 e. The number of phosphoric acid groups is 1. The van der Waals surface area contributed by atoms with Crippen LogP contribution in [0, 0.1) is 0 Å². The Labute approximate surface area is 112 Å². The Kier molecular flexibility index (Phi) is 6.39. The highest BCUT2D eigenvalue weighted by Gasteiger charge is 2.47. The highest BCUT2D eigenvalue weighted by molar-refractivity contribution is 7.46. The first kappa shape index (κ1) is 17.0. The molecule has 0 aliphatic carbocycles. The summed E-state index contributed by atoms with van der Waals surface area (Å²) in [5.41, 5.74) is 0. The summed E-state index contributed by atoms with van der Waals surface area (Å²) in [5, 5.41) is 0.